The summed E-state index contributed by atoms with van der Waals surface area (Å²) in [5.74, 6) is 0. The van der Waals surface area contributed by atoms with E-state index in [0.717, 1.165) is 23.0 Å². The molecule has 14 heavy (non-hydrogen) atoms. The van der Waals surface area contributed by atoms with Crippen LogP contribution in [0.5, 0.6) is 0 Å². The minimum absolute atomic E-state index is 0.801. The van der Waals surface area contributed by atoms with Crippen LogP contribution in [0, 0.1) is 6.92 Å². The predicted molar refractivity (Wildman–Crippen MR) is 57.5 cm³/mol. The maximum absolute atomic E-state index is 6.11. The van der Waals surface area contributed by atoms with E-state index in [-0.39, 0.29) is 0 Å². The summed E-state index contributed by atoms with van der Waals surface area (Å²) in [6, 6.07) is 0. The average Bonchev–Trinajstić information content (AvgIpc) is 2.52. The number of aryl methyl sites for hydroxylation is 1. The number of halogens is 1. The van der Waals surface area contributed by atoms with Crippen molar-refractivity contribution in [1.82, 2.24) is 15.1 Å². The van der Waals surface area contributed by atoms with Gasteiger partial charge in [-0.25, -0.2) is 0 Å². The molecule has 0 aromatic carbocycles. The molecular formula is C10H16ClN3. The van der Waals surface area contributed by atoms with Gasteiger partial charge in [0.25, 0.3) is 0 Å². The summed E-state index contributed by atoms with van der Waals surface area (Å²) in [6.07, 6.45) is 3.98. The minimum Gasteiger partial charge on any atom is -0.297 e. The number of aromatic amines is 1. The van der Waals surface area contributed by atoms with Crippen LogP contribution in [0.4, 0.5) is 0 Å². The van der Waals surface area contributed by atoms with Gasteiger partial charge < -0.3 is 0 Å². The number of nitrogens with zero attached hydrogens (tertiary/aromatic N) is 2. The van der Waals surface area contributed by atoms with Crippen LogP contribution in [0.1, 0.15) is 30.7 Å². The molecule has 2 rings (SSSR count). The molecule has 4 heteroatoms. The number of hydrogen-bond acceptors (Lipinski definition) is 2. The Bertz CT molecular complexity index is 302. The number of nitrogens with one attached hydrogen (secondary N) is 1. The van der Waals surface area contributed by atoms with Crippen LogP contribution in [0.15, 0.2) is 0 Å². The van der Waals surface area contributed by atoms with Gasteiger partial charge in [0, 0.05) is 6.54 Å². The molecule has 1 aliphatic heterocycles. The van der Waals surface area contributed by atoms with E-state index in [4.69, 9.17) is 11.6 Å². The van der Waals surface area contributed by atoms with Gasteiger partial charge in [-0.15, -0.1) is 0 Å². The van der Waals surface area contributed by atoms with Crippen LogP contribution in [0.25, 0.3) is 0 Å². The number of hydrogen-bond donors (Lipinski definition) is 1. The second kappa shape index (κ2) is 4.32. The zero-order chi connectivity index (χ0) is 9.97. The van der Waals surface area contributed by atoms with Crippen molar-refractivity contribution in [1.29, 1.82) is 0 Å². The summed E-state index contributed by atoms with van der Waals surface area (Å²) in [7, 11) is 0. The fourth-order valence-electron chi connectivity index (χ4n) is 1.90. The summed E-state index contributed by atoms with van der Waals surface area (Å²) in [5, 5.41) is 7.93. The second-order valence-electron chi connectivity index (χ2n) is 3.95. The third-order valence-electron chi connectivity index (χ3n) is 2.76. The van der Waals surface area contributed by atoms with Crippen molar-refractivity contribution in [3.05, 3.63) is 16.4 Å². The Morgan fingerprint density at radius 3 is 2.64 bits per heavy atom. The lowest BCUT2D eigenvalue weighted by Crippen LogP contribution is -2.29. The SMILES string of the molecule is Cc1[nH]nc(CN2CCCCC2)c1Cl. The molecular weight excluding hydrogens is 198 g/mol. The van der Waals surface area contributed by atoms with Crippen LogP contribution in [0.2, 0.25) is 5.02 Å². The van der Waals surface area contributed by atoms with E-state index in [1.54, 1.807) is 0 Å². The summed E-state index contributed by atoms with van der Waals surface area (Å²) in [5.41, 5.74) is 1.96. The highest BCUT2D eigenvalue weighted by Gasteiger charge is 2.14. The molecule has 1 aliphatic rings. The van der Waals surface area contributed by atoms with Crippen molar-refractivity contribution in [3.8, 4) is 0 Å². The Morgan fingerprint density at radius 1 is 1.36 bits per heavy atom. The quantitative estimate of drug-likeness (QED) is 0.818. The number of rotatable bonds is 2. The van der Waals surface area contributed by atoms with Gasteiger partial charge in [0.2, 0.25) is 0 Å². The fraction of sp³-hybridized carbons (Fsp3) is 0.700. The molecule has 0 spiro atoms. The molecule has 0 amide bonds. The van der Waals surface area contributed by atoms with E-state index in [0.29, 0.717) is 0 Å². The maximum Gasteiger partial charge on any atom is 0.0951 e. The van der Waals surface area contributed by atoms with Gasteiger partial charge in [-0.05, 0) is 32.9 Å². The van der Waals surface area contributed by atoms with E-state index in [2.05, 4.69) is 15.1 Å². The number of aromatic nitrogens is 2. The van der Waals surface area contributed by atoms with Crippen molar-refractivity contribution >= 4 is 11.6 Å². The van der Waals surface area contributed by atoms with Crippen molar-refractivity contribution in [2.75, 3.05) is 13.1 Å². The maximum atomic E-state index is 6.11. The summed E-state index contributed by atoms with van der Waals surface area (Å²) >= 11 is 6.11. The van der Waals surface area contributed by atoms with Gasteiger partial charge in [0.05, 0.1) is 16.4 Å². The van der Waals surface area contributed by atoms with Gasteiger partial charge in [-0.2, -0.15) is 5.10 Å². The molecule has 0 atom stereocenters. The van der Waals surface area contributed by atoms with Crippen molar-refractivity contribution in [2.24, 2.45) is 0 Å². The Kier molecular flexibility index (Phi) is 3.08. The van der Waals surface area contributed by atoms with Gasteiger partial charge in [0.1, 0.15) is 0 Å². The van der Waals surface area contributed by atoms with E-state index < -0.39 is 0 Å². The summed E-state index contributed by atoms with van der Waals surface area (Å²) in [6.45, 7) is 5.21. The molecule has 1 saturated heterocycles. The van der Waals surface area contributed by atoms with Gasteiger partial charge in [0.15, 0.2) is 0 Å². The predicted octanol–water partition coefficient (Wildman–Crippen LogP) is 2.36. The normalized spacial score (nSPS) is 18.7. The van der Waals surface area contributed by atoms with Gasteiger partial charge in [-0.1, -0.05) is 18.0 Å². The topological polar surface area (TPSA) is 31.9 Å². The van der Waals surface area contributed by atoms with Crippen LogP contribution in [0.3, 0.4) is 0 Å². The Morgan fingerprint density at radius 2 is 2.07 bits per heavy atom. The molecule has 78 valence electrons. The third kappa shape index (κ3) is 2.10. The number of likely N-dealkylation sites (tertiary alicyclic amines) is 1. The molecule has 3 nitrogen and oxygen atoms in total. The second-order valence-corrected chi connectivity index (χ2v) is 4.32. The highest BCUT2D eigenvalue weighted by molar-refractivity contribution is 6.31. The van der Waals surface area contributed by atoms with E-state index in [9.17, 15) is 0 Å². The number of H-pyrrole nitrogens is 1. The lowest BCUT2D eigenvalue weighted by molar-refractivity contribution is 0.218. The highest BCUT2D eigenvalue weighted by Crippen LogP contribution is 2.20. The lowest BCUT2D eigenvalue weighted by atomic mass is 10.1. The van der Waals surface area contributed by atoms with Crippen LogP contribution < -0.4 is 0 Å². The summed E-state index contributed by atoms with van der Waals surface area (Å²) < 4.78 is 0. The van der Waals surface area contributed by atoms with E-state index in [1.807, 2.05) is 6.92 Å². The molecule has 1 N–H and O–H groups in total. The first-order chi connectivity index (χ1) is 6.77. The first kappa shape index (κ1) is 9.99. The third-order valence-corrected chi connectivity index (χ3v) is 3.26. The standard InChI is InChI=1S/C10H16ClN3/c1-8-10(11)9(13-12-8)7-14-5-3-2-4-6-14/h2-7H2,1H3,(H,12,13). The Hall–Kier alpha value is -0.540. The number of piperidine rings is 1. The largest absolute Gasteiger partial charge is 0.297 e. The monoisotopic (exact) mass is 213 g/mol. The van der Waals surface area contributed by atoms with Crippen LogP contribution >= 0.6 is 11.6 Å². The van der Waals surface area contributed by atoms with E-state index in [1.165, 1.54) is 32.4 Å². The zero-order valence-corrected chi connectivity index (χ0v) is 9.27. The molecule has 0 radical (unpaired) electrons. The van der Waals surface area contributed by atoms with Crippen LogP contribution in [-0.4, -0.2) is 28.2 Å². The zero-order valence-electron chi connectivity index (χ0n) is 8.52. The first-order valence-corrected chi connectivity index (χ1v) is 5.57. The van der Waals surface area contributed by atoms with E-state index >= 15 is 0 Å². The Labute approximate surface area is 89.4 Å². The van der Waals surface area contributed by atoms with Gasteiger partial charge in [-0.3, -0.25) is 10.00 Å². The highest BCUT2D eigenvalue weighted by atomic mass is 35.5. The minimum atomic E-state index is 0.801. The lowest BCUT2D eigenvalue weighted by Gasteiger charge is -2.25. The molecule has 0 aliphatic carbocycles. The van der Waals surface area contributed by atoms with Crippen molar-refractivity contribution in [3.63, 3.8) is 0 Å². The Balaban J connectivity index is 1.99. The molecule has 1 aromatic heterocycles. The van der Waals surface area contributed by atoms with Crippen LogP contribution in [-0.2, 0) is 6.54 Å². The fourth-order valence-corrected chi connectivity index (χ4v) is 2.04. The molecule has 0 saturated carbocycles. The average molecular weight is 214 g/mol. The molecule has 1 fully saturated rings. The smallest absolute Gasteiger partial charge is 0.0951 e. The van der Waals surface area contributed by atoms with Crippen molar-refractivity contribution < 1.29 is 0 Å². The molecule has 2 heterocycles. The molecule has 0 unspecified atom stereocenters. The molecule has 0 bridgehead atoms. The van der Waals surface area contributed by atoms with Gasteiger partial charge >= 0.3 is 0 Å². The first-order valence-electron chi connectivity index (χ1n) is 5.19. The molecule has 1 aromatic rings. The summed E-state index contributed by atoms with van der Waals surface area (Å²) in [4.78, 5) is 2.42. The van der Waals surface area contributed by atoms with Crippen molar-refractivity contribution in [2.45, 2.75) is 32.7 Å².